The maximum Gasteiger partial charge on any atom is 0.332 e. The van der Waals surface area contributed by atoms with Crippen LogP contribution in [0.3, 0.4) is 0 Å². The van der Waals surface area contributed by atoms with E-state index in [9.17, 15) is 28.8 Å². The van der Waals surface area contributed by atoms with E-state index in [0.717, 1.165) is 16.3 Å². The largest absolute Gasteiger partial charge is 0.462 e. The molecular formula is C50H59N3O13S. The smallest absolute Gasteiger partial charge is 0.332 e. The fraction of sp³-hybridized carbons (Fsp3) is 0.520. The van der Waals surface area contributed by atoms with Gasteiger partial charge in [-0.15, -0.1) is 0 Å². The Balaban J connectivity index is 0.891. The third-order valence-corrected chi connectivity index (χ3v) is 14.0. The quantitative estimate of drug-likeness (QED) is 0.0228. The molecule has 0 atom stereocenters. The molecule has 4 aliphatic rings. The lowest BCUT2D eigenvalue weighted by molar-refractivity contribution is -0.165. The molecule has 3 aromatic rings. The van der Waals surface area contributed by atoms with Crippen molar-refractivity contribution in [3.05, 3.63) is 73.3 Å². The number of hydrogen-bond donors (Lipinski definition) is 1. The van der Waals surface area contributed by atoms with Gasteiger partial charge in [0, 0.05) is 11.6 Å². The van der Waals surface area contributed by atoms with Gasteiger partial charge < -0.3 is 33.2 Å². The number of benzene rings is 2. The van der Waals surface area contributed by atoms with E-state index in [4.69, 9.17) is 33.2 Å². The molecule has 0 amide bonds. The summed E-state index contributed by atoms with van der Waals surface area (Å²) in [5, 5.41) is 4.95. The van der Waals surface area contributed by atoms with Crippen molar-refractivity contribution in [2.75, 3.05) is 18.8 Å². The van der Waals surface area contributed by atoms with Crippen LogP contribution < -0.4 is 14.9 Å². The number of nitrogens with one attached hydrogen (secondary N) is 1. The molecule has 0 aliphatic heterocycles. The third-order valence-electron chi connectivity index (χ3n) is 13.0. The monoisotopic (exact) mass is 941 g/mol. The summed E-state index contributed by atoms with van der Waals surface area (Å²) in [7, 11) is 0. The number of nitrogens with zero attached hydrogens (tertiary/aromatic N) is 2. The normalized spacial score (nSPS) is 25.3. The molecule has 2 aromatic carbocycles. The van der Waals surface area contributed by atoms with E-state index in [0.29, 0.717) is 113 Å². The summed E-state index contributed by atoms with van der Waals surface area (Å²) in [6.45, 7) is 6.70. The Hall–Kier alpha value is -5.78. The highest BCUT2D eigenvalue weighted by atomic mass is 32.1. The topological polar surface area (TPSA) is 204 Å². The minimum Gasteiger partial charge on any atom is -0.462 e. The van der Waals surface area contributed by atoms with E-state index in [1.54, 1.807) is 18.2 Å². The first-order valence-corrected chi connectivity index (χ1v) is 24.2. The molecule has 67 heavy (non-hydrogen) atoms. The minimum atomic E-state index is -0.544. The first-order valence-electron chi connectivity index (χ1n) is 23.3. The molecule has 4 aliphatic carbocycles. The number of ether oxygens (including phenoxy) is 7. The number of hydrazone groups is 1. The van der Waals surface area contributed by atoms with Crippen molar-refractivity contribution in [3.8, 4) is 11.5 Å². The molecule has 1 N–H and O–H groups in total. The molecule has 4 fully saturated rings. The van der Waals surface area contributed by atoms with Crippen LogP contribution in [0.2, 0.25) is 0 Å². The average Bonchev–Trinajstić information content (AvgIpc) is 3.78. The molecule has 0 spiro atoms. The maximum atomic E-state index is 13.6. The first-order chi connectivity index (χ1) is 32.5. The summed E-state index contributed by atoms with van der Waals surface area (Å²) in [5.41, 5.74) is 4.17. The van der Waals surface area contributed by atoms with Gasteiger partial charge in [0.15, 0.2) is 12.6 Å². The van der Waals surface area contributed by atoms with Gasteiger partial charge in [0.05, 0.1) is 52.3 Å². The van der Waals surface area contributed by atoms with Crippen LogP contribution in [0.25, 0.3) is 10.2 Å². The fourth-order valence-electron chi connectivity index (χ4n) is 9.04. The van der Waals surface area contributed by atoms with E-state index in [1.165, 1.54) is 23.6 Å². The van der Waals surface area contributed by atoms with Crippen molar-refractivity contribution >= 4 is 68.5 Å². The predicted octanol–water partition coefficient (Wildman–Crippen LogP) is 8.35. The molecule has 0 radical (unpaired) electrons. The Kier molecular flexibility index (Phi) is 17.8. The third kappa shape index (κ3) is 14.4. The number of carbonyl (C=O) groups is 6. The summed E-state index contributed by atoms with van der Waals surface area (Å²) in [6.07, 6.45) is 12.5. The van der Waals surface area contributed by atoms with Crippen LogP contribution >= 0.6 is 11.3 Å². The number of para-hydroxylation sites is 1. The molecule has 0 saturated heterocycles. The van der Waals surface area contributed by atoms with E-state index in [1.807, 2.05) is 24.3 Å². The number of ketones is 1. The molecule has 0 bridgehead atoms. The first kappa shape index (κ1) is 49.1. The summed E-state index contributed by atoms with van der Waals surface area (Å²) in [5.74, 6) is -3.04. The number of rotatable bonds is 19. The maximum absolute atomic E-state index is 13.6. The standard InChI is InChI=1S/C50H59N3O13S/c1-3-36(54)29-60-37-17-21-39(22-18-37)63-47(57)32-13-15-34(16-14-32)49(59)66-43-26-25-41(27-35(43)28-51-53-50-52-42-7-5-6-8-44(42)67-50)65-48(58)33-11-9-31(10-12-33)46(56)64-40-23-19-38(20-24-40)61-30-62-45(55)4-2/h3-8,25-28,31-34,37-40H,1-2,9-24,29-30H2,(H,52,53)/b51-28+. The number of anilines is 1. The highest BCUT2D eigenvalue weighted by Crippen LogP contribution is 2.36. The Morgan fingerprint density at radius 3 is 1.75 bits per heavy atom. The van der Waals surface area contributed by atoms with Crippen molar-refractivity contribution < 1.29 is 61.9 Å². The second-order valence-corrected chi connectivity index (χ2v) is 18.6. The van der Waals surface area contributed by atoms with Gasteiger partial charge in [0.1, 0.15) is 30.3 Å². The zero-order valence-electron chi connectivity index (χ0n) is 37.6. The van der Waals surface area contributed by atoms with Crippen molar-refractivity contribution in [2.24, 2.45) is 28.8 Å². The van der Waals surface area contributed by atoms with E-state index in [2.05, 4.69) is 28.7 Å². The summed E-state index contributed by atoms with van der Waals surface area (Å²) < 4.78 is 40.7. The van der Waals surface area contributed by atoms with Crippen LogP contribution in [0.4, 0.5) is 5.13 Å². The molecule has 17 heteroatoms. The zero-order valence-corrected chi connectivity index (χ0v) is 38.5. The summed E-state index contributed by atoms with van der Waals surface area (Å²) in [6, 6.07) is 12.4. The lowest BCUT2D eigenvalue weighted by atomic mass is 9.82. The van der Waals surface area contributed by atoms with Gasteiger partial charge in [-0.25, -0.2) is 9.78 Å². The SMILES string of the molecule is C=CC(=O)COC1CCC(OC(=O)C2CCC(C(=O)Oc3ccc(OC(=O)C4CCC(C(=O)OC5CCC(OCOC(=O)C=C)CC5)CC4)cc3/C=N/Nc3nc4ccccc4s3)CC2)CC1. The van der Waals surface area contributed by atoms with Gasteiger partial charge in [-0.2, -0.15) is 5.10 Å². The van der Waals surface area contributed by atoms with Crippen molar-refractivity contribution in [3.63, 3.8) is 0 Å². The molecule has 0 unspecified atom stereocenters. The molecule has 7 rings (SSSR count). The second kappa shape index (κ2) is 24.3. The predicted molar refractivity (Wildman–Crippen MR) is 247 cm³/mol. The van der Waals surface area contributed by atoms with Crippen molar-refractivity contribution in [2.45, 2.75) is 127 Å². The Morgan fingerprint density at radius 2 is 1.18 bits per heavy atom. The van der Waals surface area contributed by atoms with Gasteiger partial charge >= 0.3 is 29.8 Å². The summed E-state index contributed by atoms with van der Waals surface area (Å²) in [4.78, 5) is 80.6. The number of hydrogen-bond acceptors (Lipinski definition) is 17. The average molecular weight is 942 g/mol. The van der Waals surface area contributed by atoms with Gasteiger partial charge in [-0.1, -0.05) is 36.6 Å². The van der Waals surface area contributed by atoms with Crippen molar-refractivity contribution in [1.82, 2.24) is 4.98 Å². The van der Waals surface area contributed by atoms with Crippen LogP contribution in [0.15, 0.2) is 72.9 Å². The van der Waals surface area contributed by atoms with Gasteiger partial charge in [0.2, 0.25) is 5.13 Å². The van der Waals surface area contributed by atoms with Crippen LogP contribution in [-0.4, -0.2) is 84.6 Å². The highest BCUT2D eigenvalue weighted by molar-refractivity contribution is 7.22. The lowest BCUT2D eigenvalue weighted by Gasteiger charge is -2.31. The number of aromatic nitrogens is 1. The van der Waals surface area contributed by atoms with E-state index >= 15 is 0 Å². The van der Waals surface area contributed by atoms with E-state index in [-0.39, 0.29) is 78.9 Å². The number of carbonyl (C=O) groups excluding carboxylic acids is 6. The molecule has 4 saturated carbocycles. The lowest BCUT2D eigenvalue weighted by Crippen LogP contribution is -2.33. The van der Waals surface area contributed by atoms with Crippen LogP contribution in [0.5, 0.6) is 11.5 Å². The van der Waals surface area contributed by atoms with Gasteiger partial charge in [0.25, 0.3) is 0 Å². The minimum absolute atomic E-state index is 0.00954. The second-order valence-electron chi connectivity index (χ2n) is 17.6. The van der Waals surface area contributed by atoms with Gasteiger partial charge in [-0.05, 0) is 139 Å². The summed E-state index contributed by atoms with van der Waals surface area (Å²) >= 11 is 1.43. The van der Waals surface area contributed by atoms with Crippen LogP contribution in [0, 0.1) is 23.7 Å². The molecule has 1 heterocycles. The van der Waals surface area contributed by atoms with E-state index < -0.39 is 29.7 Å². The van der Waals surface area contributed by atoms with Gasteiger partial charge in [-0.3, -0.25) is 29.4 Å². The molecule has 16 nitrogen and oxygen atoms in total. The number of esters is 5. The Labute approximate surface area is 393 Å². The van der Waals surface area contributed by atoms with Crippen LogP contribution in [-0.2, 0) is 52.5 Å². The Morgan fingerprint density at radius 1 is 0.642 bits per heavy atom. The number of fused-ring (bicyclic) bond motifs is 1. The number of thiazole rings is 1. The highest BCUT2D eigenvalue weighted by Gasteiger charge is 2.36. The Bertz CT molecular complexity index is 2230. The van der Waals surface area contributed by atoms with Crippen LogP contribution in [0.1, 0.15) is 108 Å². The fourth-order valence-corrected chi connectivity index (χ4v) is 9.86. The zero-order chi connectivity index (χ0) is 47.1. The molecular weight excluding hydrogens is 883 g/mol. The van der Waals surface area contributed by atoms with Crippen molar-refractivity contribution in [1.29, 1.82) is 0 Å². The molecule has 358 valence electrons. The molecule has 1 aromatic heterocycles.